The van der Waals surface area contributed by atoms with Crippen molar-refractivity contribution in [1.29, 1.82) is 0 Å². The van der Waals surface area contributed by atoms with Gasteiger partial charge in [0.15, 0.2) is 0 Å². The molecule has 0 aliphatic rings. The van der Waals surface area contributed by atoms with Crippen LogP contribution in [0.3, 0.4) is 0 Å². The minimum atomic E-state index is 1.15. The van der Waals surface area contributed by atoms with E-state index in [2.05, 4.69) is 217 Å². The van der Waals surface area contributed by atoms with E-state index in [1.807, 2.05) is 11.3 Å². The van der Waals surface area contributed by atoms with Crippen molar-refractivity contribution in [3.8, 4) is 50.2 Å². The van der Waals surface area contributed by atoms with E-state index in [1.54, 1.807) is 0 Å². The number of fused-ring (bicyclic) bond motifs is 8. The number of nitrogens with zero attached hydrogens (tertiary/aromatic N) is 1. The van der Waals surface area contributed by atoms with Gasteiger partial charge in [-0.25, -0.2) is 0 Å². The van der Waals surface area contributed by atoms with E-state index in [9.17, 15) is 0 Å². The lowest BCUT2D eigenvalue weighted by Gasteiger charge is -2.19. The molecule has 1 nitrogen and oxygen atoms in total. The standard InChI is InChI=1S/C56H35NS/c1-3-14-37(15-4-1)54-45-20-7-8-21-46(45)55(38-16-5-2-6-17-38)50-34-39(28-32-47(50)54)36-26-30-41(31-27-36)57-51-24-11-9-18-43(51)49-35-40(29-33-52(49)57)42-22-13-23-48-44-19-10-12-25-53(44)58-56(42)48/h1-35H. The van der Waals surface area contributed by atoms with Crippen LogP contribution in [0.15, 0.2) is 212 Å². The molecule has 0 amide bonds. The van der Waals surface area contributed by atoms with Gasteiger partial charge in [0, 0.05) is 36.6 Å². The van der Waals surface area contributed by atoms with Gasteiger partial charge in [0.2, 0.25) is 0 Å². The number of thiophene rings is 1. The van der Waals surface area contributed by atoms with Crippen LogP contribution in [0.1, 0.15) is 0 Å². The largest absolute Gasteiger partial charge is 0.309 e. The van der Waals surface area contributed by atoms with E-state index in [4.69, 9.17) is 0 Å². The second-order valence-corrected chi connectivity index (χ2v) is 16.3. The van der Waals surface area contributed by atoms with Gasteiger partial charge >= 0.3 is 0 Å². The van der Waals surface area contributed by atoms with Gasteiger partial charge in [-0.05, 0) is 109 Å². The highest BCUT2D eigenvalue weighted by molar-refractivity contribution is 7.26. The van der Waals surface area contributed by atoms with Crippen LogP contribution in [-0.2, 0) is 0 Å². The summed E-state index contributed by atoms with van der Waals surface area (Å²) in [6.07, 6.45) is 0. The first-order chi connectivity index (χ1) is 28.8. The van der Waals surface area contributed by atoms with Crippen LogP contribution in [-0.4, -0.2) is 4.57 Å². The molecule has 0 bridgehead atoms. The molecule has 0 atom stereocenters. The highest BCUT2D eigenvalue weighted by Crippen LogP contribution is 2.46. The quantitative estimate of drug-likeness (QED) is 0.154. The minimum Gasteiger partial charge on any atom is -0.309 e. The molecule has 2 heterocycles. The van der Waals surface area contributed by atoms with E-state index >= 15 is 0 Å². The summed E-state index contributed by atoms with van der Waals surface area (Å²) in [7, 11) is 0. The average molecular weight is 754 g/mol. The fourth-order valence-corrected chi connectivity index (χ4v) is 10.6. The highest BCUT2D eigenvalue weighted by atomic mass is 32.1. The van der Waals surface area contributed by atoms with E-state index in [-0.39, 0.29) is 0 Å². The maximum Gasteiger partial charge on any atom is 0.0541 e. The van der Waals surface area contributed by atoms with Gasteiger partial charge in [0.25, 0.3) is 0 Å². The van der Waals surface area contributed by atoms with E-state index in [1.165, 1.54) is 108 Å². The third-order valence-corrected chi connectivity index (χ3v) is 13.2. The van der Waals surface area contributed by atoms with Crippen molar-refractivity contribution in [1.82, 2.24) is 4.57 Å². The summed E-state index contributed by atoms with van der Waals surface area (Å²) in [5.41, 5.74) is 13.5. The average Bonchev–Trinajstić information content (AvgIpc) is 3.84. The first kappa shape index (κ1) is 32.9. The summed E-state index contributed by atoms with van der Waals surface area (Å²) in [6, 6.07) is 78.1. The minimum absolute atomic E-state index is 1.15. The Morgan fingerprint density at radius 2 is 0.828 bits per heavy atom. The fraction of sp³-hybridized carbons (Fsp3) is 0. The first-order valence-corrected chi connectivity index (χ1v) is 20.7. The summed E-state index contributed by atoms with van der Waals surface area (Å²) in [5, 5.41) is 10.2. The summed E-state index contributed by atoms with van der Waals surface area (Å²) in [6.45, 7) is 0. The van der Waals surface area contributed by atoms with Crippen molar-refractivity contribution < 1.29 is 0 Å². The molecule has 0 saturated heterocycles. The SMILES string of the molecule is c1ccc(-c2c3ccccc3c(-c3ccccc3)c3cc(-c4ccc(-n5c6ccccc6c6cc(-c7cccc8c7sc7ccccc78)ccc65)cc4)ccc23)cc1. The third-order valence-electron chi connectivity index (χ3n) is 12.0. The van der Waals surface area contributed by atoms with E-state index < -0.39 is 0 Å². The zero-order valence-corrected chi connectivity index (χ0v) is 32.4. The molecule has 10 aromatic carbocycles. The summed E-state index contributed by atoms with van der Waals surface area (Å²) < 4.78 is 5.10. The molecule has 0 radical (unpaired) electrons. The van der Waals surface area contributed by atoms with Gasteiger partial charge in [-0.15, -0.1) is 11.3 Å². The Labute approximate surface area is 340 Å². The Morgan fingerprint density at radius 3 is 1.57 bits per heavy atom. The lowest BCUT2D eigenvalue weighted by atomic mass is 9.85. The van der Waals surface area contributed by atoms with Gasteiger partial charge in [-0.1, -0.05) is 170 Å². The molecular weight excluding hydrogens is 719 g/mol. The van der Waals surface area contributed by atoms with Crippen molar-refractivity contribution in [2.24, 2.45) is 0 Å². The summed E-state index contributed by atoms with van der Waals surface area (Å²) in [5.74, 6) is 0. The summed E-state index contributed by atoms with van der Waals surface area (Å²) >= 11 is 1.89. The molecule has 12 aromatic rings. The Bertz CT molecular complexity index is 3540. The number of aromatic nitrogens is 1. The van der Waals surface area contributed by atoms with Crippen molar-refractivity contribution in [2.45, 2.75) is 0 Å². The van der Waals surface area contributed by atoms with Gasteiger partial charge in [0.05, 0.1) is 11.0 Å². The molecule has 0 spiro atoms. The number of hydrogen-bond donors (Lipinski definition) is 0. The van der Waals surface area contributed by atoms with Crippen LogP contribution in [0, 0.1) is 0 Å². The number of para-hydroxylation sites is 1. The van der Waals surface area contributed by atoms with Crippen LogP contribution in [0.2, 0.25) is 0 Å². The molecule has 0 N–H and O–H groups in total. The van der Waals surface area contributed by atoms with Crippen molar-refractivity contribution >= 4 is 74.9 Å². The maximum atomic E-state index is 2.42. The normalized spacial score (nSPS) is 11.8. The van der Waals surface area contributed by atoms with Crippen LogP contribution < -0.4 is 0 Å². The maximum absolute atomic E-state index is 2.42. The molecule has 12 rings (SSSR count). The lowest BCUT2D eigenvalue weighted by molar-refractivity contribution is 1.18. The Kier molecular flexibility index (Phi) is 7.47. The number of hydrogen-bond acceptors (Lipinski definition) is 1. The second kappa shape index (κ2) is 13.2. The highest BCUT2D eigenvalue weighted by Gasteiger charge is 2.19. The molecule has 0 fully saturated rings. The summed E-state index contributed by atoms with van der Waals surface area (Å²) in [4.78, 5) is 0. The molecule has 0 saturated carbocycles. The molecule has 0 aliphatic carbocycles. The van der Waals surface area contributed by atoms with E-state index in [0.717, 1.165) is 5.69 Å². The Morgan fingerprint density at radius 1 is 0.293 bits per heavy atom. The zero-order valence-electron chi connectivity index (χ0n) is 31.6. The number of benzene rings is 10. The molecule has 0 unspecified atom stereocenters. The van der Waals surface area contributed by atoms with Crippen LogP contribution in [0.5, 0.6) is 0 Å². The van der Waals surface area contributed by atoms with Crippen molar-refractivity contribution in [3.05, 3.63) is 212 Å². The van der Waals surface area contributed by atoms with Gasteiger partial charge < -0.3 is 4.57 Å². The van der Waals surface area contributed by atoms with Crippen molar-refractivity contribution in [2.75, 3.05) is 0 Å². The predicted octanol–water partition coefficient (Wildman–Crippen LogP) is 16.1. The molecule has 2 heteroatoms. The zero-order chi connectivity index (χ0) is 38.2. The monoisotopic (exact) mass is 753 g/mol. The predicted molar refractivity (Wildman–Crippen MR) is 250 cm³/mol. The molecule has 270 valence electrons. The van der Waals surface area contributed by atoms with Crippen molar-refractivity contribution in [3.63, 3.8) is 0 Å². The topological polar surface area (TPSA) is 4.93 Å². The third kappa shape index (κ3) is 5.09. The molecule has 2 aromatic heterocycles. The molecule has 58 heavy (non-hydrogen) atoms. The Balaban J connectivity index is 1.00. The second-order valence-electron chi connectivity index (χ2n) is 15.2. The van der Waals surface area contributed by atoms with E-state index in [0.29, 0.717) is 0 Å². The molecule has 0 aliphatic heterocycles. The van der Waals surface area contributed by atoms with Gasteiger partial charge in [-0.2, -0.15) is 0 Å². The van der Waals surface area contributed by atoms with Crippen LogP contribution in [0.4, 0.5) is 0 Å². The van der Waals surface area contributed by atoms with Gasteiger partial charge in [0.1, 0.15) is 0 Å². The molecular formula is C56H35NS. The Hall–Kier alpha value is -7.26. The van der Waals surface area contributed by atoms with Gasteiger partial charge in [-0.3, -0.25) is 0 Å². The fourth-order valence-electron chi connectivity index (χ4n) is 9.39. The lowest BCUT2D eigenvalue weighted by Crippen LogP contribution is -1.94. The number of rotatable bonds is 5. The van der Waals surface area contributed by atoms with Crippen LogP contribution >= 0.6 is 11.3 Å². The first-order valence-electron chi connectivity index (χ1n) is 19.9. The smallest absolute Gasteiger partial charge is 0.0541 e. The van der Waals surface area contributed by atoms with Crippen LogP contribution in [0.25, 0.3) is 114 Å².